The molecule has 0 aliphatic carbocycles. The summed E-state index contributed by atoms with van der Waals surface area (Å²) in [4.78, 5) is 15.7. The highest BCUT2D eigenvalue weighted by atomic mass is 32.1. The molecule has 4 heterocycles. The van der Waals surface area contributed by atoms with E-state index in [0.29, 0.717) is 6.42 Å². The molecule has 0 aromatic carbocycles. The van der Waals surface area contributed by atoms with Gasteiger partial charge in [0, 0.05) is 17.6 Å². The Balaban J connectivity index is 1.62. The lowest BCUT2D eigenvalue weighted by atomic mass is 10.2. The standard InChI is InChI=1S/C16H16N4OS/c21-15(11-12-5-4-10-22-12)19-9-3-6-13(19)16-18-17-14-7-1-2-8-20(14)16/h1-2,4-5,7-8,10,13H,3,6,9,11H2. The maximum atomic E-state index is 12.6. The van der Waals surface area contributed by atoms with Crippen molar-refractivity contribution in [2.24, 2.45) is 0 Å². The Bertz CT molecular complexity index is 795. The summed E-state index contributed by atoms with van der Waals surface area (Å²) in [7, 11) is 0. The Kier molecular flexibility index (Phi) is 3.38. The molecule has 0 spiro atoms. The van der Waals surface area contributed by atoms with Gasteiger partial charge in [-0.05, 0) is 36.4 Å². The van der Waals surface area contributed by atoms with Crippen LogP contribution in [0.15, 0.2) is 41.9 Å². The molecule has 0 radical (unpaired) electrons. The Morgan fingerprint density at radius 1 is 1.27 bits per heavy atom. The first-order valence-corrected chi connectivity index (χ1v) is 8.32. The van der Waals surface area contributed by atoms with Crippen LogP contribution in [0.2, 0.25) is 0 Å². The minimum Gasteiger partial charge on any atom is -0.332 e. The van der Waals surface area contributed by atoms with Gasteiger partial charge in [0.05, 0.1) is 12.5 Å². The van der Waals surface area contributed by atoms with E-state index in [2.05, 4.69) is 10.2 Å². The first-order valence-electron chi connectivity index (χ1n) is 7.44. The summed E-state index contributed by atoms with van der Waals surface area (Å²) < 4.78 is 1.99. The van der Waals surface area contributed by atoms with E-state index in [4.69, 9.17) is 0 Å². The van der Waals surface area contributed by atoms with Crippen molar-refractivity contribution in [2.45, 2.75) is 25.3 Å². The molecule has 1 atom stereocenters. The average Bonchev–Trinajstić information content (AvgIpc) is 3.26. The molecule has 0 saturated carbocycles. The molecular formula is C16H16N4OS. The number of hydrogen-bond donors (Lipinski definition) is 0. The van der Waals surface area contributed by atoms with Crippen LogP contribution in [0, 0.1) is 0 Å². The summed E-state index contributed by atoms with van der Waals surface area (Å²) in [6.45, 7) is 0.802. The van der Waals surface area contributed by atoms with Crippen molar-refractivity contribution in [3.63, 3.8) is 0 Å². The normalized spacial score (nSPS) is 18.2. The highest BCUT2D eigenvalue weighted by Gasteiger charge is 2.33. The Hall–Kier alpha value is -2.21. The molecule has 6 heteroatoms. The van der Waals surface area contributed by atoms with Gasteiger partial charge in [-0.25, -0.2) is 0 Å². The van der Waals surface area contributed by atoms with Crippen LogP contribution in [0.3, 0.4) is 0 Å². The van der Waals surface area contributed by atoms with Crippen molar-refractivity contribution in [1.29, 1.82) is 0 Å². The lowest BCUT2D eigenvalue weighted by molar-refractivity contribution is -0.131. The largest absolute Gasteiger partial charge is 0.332 e. The second-order valence-electron chi connectivity index (χ2n) is 5.49. The van der Waals surface area contributed by atoms with Crippen LogP contribution >= 0.6 is 11.3 Å². The van der Waals surface area contributed by atoms with Crippen LogP contribution in [-0.4, -0.2) is 31.9 Å². The molecule has 1 fully saturated rings. The highest BCUT2D eigenvalue weighted by molar-refractivity contribution is 7.10. The summed E-state index contributed by atoms with van der Waals surface area (Å²) in [5.41, 5.74) is 0.829. The number of rotatable bonds is 3. The number of fused-ring (bicyclic) bond motifs is 1. The predicted molar refractivity (Wildman–Crippen MR) is 84.7 cm³/mol. The number of thiophene rings is 1. The topological polar surface area (TPSA) is 50.5 Å². The molecule has 3 aromatic rings. The van der Waals surface area contributed by atoms with Gasteiger partial charge in [0.15, 0.2) is 11.5 Å². The third-order valence-corrected chi connectivity index (χ3v) is 4.99. The monoisotopic (exact) mass is 312 g/mol. The van der Waals surface area contributed by atoms with Gasteiger partial charge in [-0.15, -0.1) is 21.5 Å². The molecule has 5 nitrogen and oxygen atoms in total. The quantitative estimate of drug-likeness (QED) is 0.747. The van der Waals surface area contributed by atoms with Gasteiger partial charge in [-0.1, -0.05) is 12.1 Å². The van der Waals surface area contributed by atoms with Crippen molar-refractivity contribution in [3.8, 4) is 0 Å². The number of nitrogens with zero attached hydrogens (tertiary/aromatic N) is 4. The number of carbonyl (C=O) groups excluding carboxylic acids is 1. The summed E-state index contributed by atoms with van der Waals surface area (Å²) in [5.74, 6) is 1.05. The van der Waals surface area contributed by atoms with Crippen LogP contribution in [-0.2, 0) is 11.2 Å². The van der Waals surface area contributed by atoms with E-state index in [0.717, 1.165) is 35.7 Å². The molecule has 1 amide bonds. The SMILES string of the molecule is O=C(Cc1cccs1)N1CCCC1c1nnc2ccccn12. The summed E-state index contributed by atoms with van der Waals surface area (Å²) in [6, 6.07) is 9.88. The van der Waals surface area contributed by atoms with E-state index in [1.165, 1.54) is 0 Å². The first kappa shape index (κ1) is 13.5. The number of hydrogen-bond acceptors (Lipinski definition) is 4. The fraction of sp³-hybridized carbons (Fsp3) is 0.312. The van der Waals surface area contributed by atoms with Gasteiger partial charge in [0.1, 0.15) is 0 Å². The van der Waals surface area contributed by atoms with Crippen LogP contribution in [0.5, 0.6) is 0 Å². The van der Waals surface area contributed by atoms with Crippen molar-refractivity contribution in [3.05, 3.63) is 52.6 Å². The summed E-state index contributed by atoms with van der Waals surface area (Å²) >= 11 is 1.63. The van der Waals surface area contributed by atoms with Crippen LogP contribution in [0.1, 0.15) is 29.6 Å². The van der Waals surface area contributed by atoms with E-state index < -0.39 is 0 Å². The van der Waals surface area contributed by atoms with Gasteiger partial charge in [0.25, 0.3) is 0 Å². The molecule has 0 N–H and O–H groups in total. The van der Waals surface area contributed by atoms with Crippen LogP contribution < -0.4 is 0 Å². The van der Waals surface area contributed by atoms with Crippen molar-refractivity contribution in [2.75, 3.05) is 6.54 Å². The number of amides is 1. The van der Waals surface area contributed by atoms with Gasteiger partial charge >= 0.3 is 0 Å². The number of pyridine rings is 1. The molecule has 1 aliphatic rings. The van der Waals surface area contributed by atoms with Gasteiger partial charge in [0.2, 0.25) is 5.91 Å². The first-order chi connectivity index (χ1) is 10.8. The summed E-state index contributed by atoms with van der Waals surface area (Å²) in [6.07, 6.45) is 4.41. The van der Waals surface area contributed by atoms with Gasteiger partial charge < -0.3 is 4.90 Å². The van der Waals surface area contributed by atoms with E-state index in [1.54, 1.807) is 11.3 Å². The highest BCUT2D eigenvalue weighted by Crippen LogP contribution is 2.31. The van der Waals surface area contributed by atoms with Crippen molar-refractivity contribution >= 4 is 22.9 Å². The third-order valence-electron chi connectivity index (χ3n) is 4.12. The lowest BCUT2D eigenvalue weighted by Crippen LogP contribution is -2.32. The van der Waals surface area contributed by atoms with E-state index in [1.807, 2.05) is 51.2 Å². The second-order valence-corrected chi connectivity index (χ2v) is 6.52. The molecule has 1 saturated heterocycles. The molecule has 0 bridgehead atoms. The summed E-state index contributed by atoms with van der Waals surface area (Å²) in [5, 5.41) is 10.5. The van der Waals surface area contributed by atoms with E-state index in [-0.39, 0.29) is 11.9 Å². The van der Waals surface area contributed by atoms with Crippen molar-refractivity contribution in [1.82, 2.24) is 19.5 Å². The zero-order chi connectivity index (χ0) is 14.9. The molecule has 4 rings (SSSR count). The predicted octanol–water partition coefficient (Wildman–Crippen LogP) is 2.70. The zero-order valence-corrected chi connectivity index (χ0v) is 12.9. The molecule has 112 valence electrons. The second kappa shape index (κ2) is 5.53. The van der Waals surface area contributed by atoms with Gasteiger partial charge in [-0.3, -0.25) is 9.20 Å². The number of carbonyl (C=O) groups is 1. The Morgan fingerprint density at radius 2 is 2.23 bits per heavy atom. The minimum atomic E-state index is 0.0323. The molecule has 1 aliphatic heterocycles. The van der Waals surface area contributed by atoms with Crippen LogP contribution in [0.4, 0.5) is 0 Å². The Morgan fingerprint density at radius 3 is 3.09 bits per heavy atom. The van der Waals surface area contributed by atoms with E-state index in [9.17, 15) is 4.79 Å². The Labute approximate surface area is 132 Å². The van der Waals surface area contributed by atoms with E-state index >= 15 is 0 Å². The van der Waals surface area contributed by atoms with Crippen molar-refractivity contribution < 1.29 is 4.79 Å². The zero-order valence-electron chi connectivity index (χ0n) is 12.1. The fourth-order valence-electron chi connectivity index (χ4n) is 3.08. The minimum absolute atomic E-state index is 0.0323. The smallest absolute Gasteiger partial charge is 0.228 e. The maximum Gasteiger partial charge on any atom is 0.228 e. The van der Waals surface area contributed by atoms with Gasteiger partial charge in [-0.2, -0.15) is 0 Å². The maximum absolute atomic E-state index is 12.6. The third kappa shape index (κ3) is 2.29. The average molecular weight is 312 g/mol. The molecule has 22 heavy (non-hydrogen) atoms. The molecule has 3 aromatic heterocycles. The number of aromatic nitrogens is 3. The molecule has 1 unspecified atom stereocenters. The fourth-order valence-corrected chi connectivity index (χ4v) is 3.78. The van der Waals surface area contributed by atoms with Crippen LogP contribution in [0.25, 0.3) is 5.65 Å². The lowest BCUT2D eigenvalue weighted by Gasteiger charge is -2.23. The molecular weight excluding hydrogens is 296 g/mol. The number of likely N-dealkylation sites (tertiary alicyclic amines) is 1.